The zero-order valence-electron chi connectivity index (χ0n) is 25.9. The largest absolute Gasteiger partial charge is 0.494 e. The first-order valence-corrected chi connectivity index (χ1v) is 16.8. The number of ether oxygens (including phenoxy) is 3. The molecule has 4 rings (SSSR count). The van der Waals surface area contributed by atoms with Crippen molar-refractivity contribution in [2.24, 2.45) is 10.1 Å². The molecule has 0 spiro atoms. The van der Waals surface area contributed by atoms with Crippen LogP contribution in [-0.4, -0.2) is 69.1 Å². The topological polar surface area (TPSA) is 172 Å². The van der Waals surface area contributed by atoms with Crippen LogP contribution in [0, 0.1) is 0 Å². The number of amides is 1. The van der Waals surface area contributed by atoms with Gasteiger partial charge in [-0.25, -0.2) is 13.4 Å². The lowest BCUT2D eigenvalue weighted by Crippen LogP contribution is -2.49. The van der Waals surface area contributed by atoms with Gasteiger partial charge in [-0.1, -0.05) is 47.6 Å². The van der Waals surface area contributed by atoms with E-state index >= 15 is 0 Å². The van der Waals surface area contributed by atoms with Crippen molar-refractivity contribution in [3.05, 3.63) is 100 Å². The van der Waals surface area contributed by atoms with Gasteiger partial charge in [0.1, 0.15) is 5.75 Å². The molecule has 13 heteroatoms. The summed E-state index contributed by atoms with van der Waals surface area (Å²) in [5.41, 5.74) is 8.70. The summed E-state index contributed by atoms with van der Waals surface area (Å²) in [6, 6.07) is 21.6. The van der Waals surface area contributed by atoms with Crippen molar-refractivity contribution in [3.8, 4) is 5.75 Å². The molecular weight excluding hydrogens is 610 g/mol. The molecule has 2 N–H and O–H groups in total. The van der Waals surface area contributed by atoms with E-state index in [1.807, 2.05) is 13.8 Å². The van der Waals surface area contributed by atoms with Crippen LogP contribution in [0.3, 0.4) is 0 Å². The lowest BCUT2D eigenvalue weighted by molar-refractivity contribution is -0.129. The number of sulfone groups is 1. The second-order valence-electron chi connectivity index (χ2n) is 10.9. The number of hydrogen-bond donors (Lipinski definition) is 2. The molecule has 0 saturated heterocycles. The van der Waals surface area contributed by atoms with E-state index in [0.29, 0.717) is 42.9 Å². The first-order chi connectivity index (χ1) is 22.2. The van der Waals surface area contributed by atoms with Crippen LogP contribution in [0.2, 0.25) is 0 Å². The average molecular weight is 650 g/mol. The number of aliphatic hydroxyl groups excluding tert-OH is 1. The van der Waals surface area contributed by atoms with Gasteiger partial charge in [-0.05, 0) is 62.2 Å². The summed E-state index contributed by atoms with van der Waals surface area (Å²) >= 11 is 0. The zero-order chi connectivity index (χ0) is 33.0. The summed E-state index contributed by atoms with van der Waals surface area (Å²) < 4.78 is 44.7. The van der Waals surface area contributed by atoms with Gasteiger partial charge in [0.2, 0.25) is 5.90 Å². The van der Waals surface area contributed by atoms with Crippen LogP contribution in [0.25, 0.3) is 10.4 Å². The Morgan fingerprint density at radius 2 is 1.78 bits per heavy atom. The Hall–Kier alpha value is -4.42. The normalized spacial score (nSPS) is 17.6. The van der Waals surface area contributed by atoms with Crippen molar-refractivity contribution in [2.45, 2.75) is 55.8 Å². The maximum absolute atomic E-state index is 14.3. The Morgan fingerprint density at radius 1 is 1.07 bits per heavy atom. The van der Waals surface area contributed by atoms with Crippen LogP contribution in [0.5, 0.6) is 5.75 Å². The van der Waals surface area contributed by atoms with Gasteiger partial charge < -0.3 is 24.6 Å². The lowest BCUT2D eigenvalue weighted by atomic mass is 9.84. The highest BCUT2D eigenvalue weighted by Gasteiger charge is 2.54. The van der Waals surface area contributed by atoms with Gasteiger partial charge in [0.25, 0.3) is 5.91 Å². The van der Waals surface area contributed by atoms with Crippen molar-refractivity contribution >= 4 is 27.3 Å². The van der Waals surface area contributed by atoms with Crippen molar-refractivity contribution in [1.82, 2.24) is 5.32 Å². The summed E-state index contributed by atoms with van der Waals surface area (Å²) in [6.45, 7) is 4.88. The molecule has 1 aliphatic rings. The van der Waals surface area contributed by atoms with E-state index in [0.717, 1.165) is 0 Å². The van der Waals surface area contributed by atoms with Crippen LogP contribution in [0.1, 0.15) is 50.3 Å². The van der Waals surface area contributed by atoms with Gasteiger partial charge in [-0.2, -0.15) is 0 Å². The second kappa shape index (κ2) is 16.2. The predicted octanol–water partition coefficient (Wildman–Crippen LogP) is 5.44. The smallest absolute Gasteiger partial charge is 0.252 e. The molecule has 0 unspecified atom stereocenters. The standard InChI is InChI=1S/C33H39N5O7S/c1-24(2)43-21-8-19-35-32(40)33(18-23-46(41,42)27-10-4-3-5-11-27)30(28-12-6-7-13-29(28)37-38-34)45-31(36-33)25-14-16-26(17-15-25)44-22-9-20-39/h3-7,10-17,24,30,39H,8-9,18-23H2,1-2H3,(H,35,40)/t30-,33-/m1/s1. The molecule has 1 amide bonds. The number of azide groups is 1. The third-order valence-corrected chi connectivity index (χ3v) is 9.05. The number of carbonyl (C=O) groups is 1. The number of hydrogen-bond acceptors (Lipinski definition) is 9. The highest BCUT2D eigenvalue weighted by atomic mass is 32.2. The van der Waals surface area contributed by atoms with Gasteiger partial charge in [-0.3, -0.25) is 4.79 Å². The third-order valence-electron chi connectivity index (χ3n) is 7.31. The van der Waals surface area contributed by atoms with E-state index in [1.54, 1.807) is 66.7 Å². The summed E-state index contributed by atoms with van der Waals surface area (Å²) in [5, 5.41) is 15.8. The molecule has 244 valence electrons. The molecular formula is C33H39N5O7S. The van der Waals surface area contributed by atoms with Crippen molar-refractivity contribution in [2.75, 3.05) is 32.1 Å². The Labute approximate surface area is 269 Å². The quantitative estimate of drug-likeness (QED) is 0.0848. The number of nitrogens with one attached hydrogen (secondary N) is 1. The Morgan fingerprint density at radius 3 is 2.48 bits per heavy atom. The predicted molar refractivity (Wildman–Crippen MR) is 174 cm³/mol. The van der Waals surface area contributed by atoms with Gasteiger partial charge >= 0.3 is 0 Å². The van der Waals surface area contributed by atoms with E-state index in [9.17, 15) is 18.7 Å². The molecule has 0 radical (unpaired) electrons. The Kier molecular flexibility index (Phi) is 12.2. The number of rotatable bonds is 17. The minimum Gasteiger partial charge on any atom is -0.494 e. The number of nitrogens with zero attached hydrogens (tertiary/aromatic N) is 4. The van der Waals surface area contributed by atoms with Crippen molar-refractivity contribution < 1.29 is 32.5 Å². The molecule has 1 aliphatic heterocycles. The summed E-state index contributed by atoms with van der Waals surface area (Å²) in [7, 11) is -3.82. The monoisotopic (exact) mass is 649 g/mol. The fourth-order valence-corrected chi connectivity index (χ4v) is 6.37. The first-order valence-electron chi connectivity index (χ1n) is 15.1. The molecule has 0 aliphatic carbocycles. The van der Waals surface area contributed by atoms with Crippen LogP contribution in [0.4, 0.5) is 5.69 Å². The van der Waals surface area contributed by atoms with Crippen molar-refractivity contribution in [1.29, 1.82) is 0 Å². The first kappa shape index (κ1) is 34.5. The molecule has 46 heavy (non-hydrogen) atoms. The zero-order valence-corrected chi connectivity index (χ0v) is 26.7. The Balaban J connectivity index is 1.77. The van der Waals surface area contributed by atoms with Gasteiger partial charge in [0.15, 0.2) is 21.5 Å². The third kappa shape index (κ3) is 8.64. The van der Waals surface area contributed by atoms with Crippen LogP contribution in [0.15, 0.2) is 93.9 Å². The lowest BCUT2D eigenvalue weighted by Gasteiger charge is -2.31. The fourth-order valence-electron chi connectivity index (χ4n) is 4.98. The minimum absolute atomic E-state index is 0.0102. The SMILES string of the molecule is CC(C)OCCCNC(=O)[C@]1(CCS(=O)(=O)c2ccccc2)N=C(c2ccc(OCCCO)cc2)O[C@@H]1c1ccccc1N=[N+]=[N-]. The highest BCUT2D eigenvalue weighted by Crippen LogP contribution is 2.45. The van der Waals surface area contributed by atoms with E-state index in [1.165, 1.54) is 12.1 Å². The molecule has 2 atom stereocenters. The van der Waals surface area contributed by atoms with Crippen LogP contribution < -0.4 is 10.1 Å². The summed E-state index contributed by atoms with van der Waals surface area (Å²) in [6.07, 6.45) is -0.301. The molecule has 0 bridgehead atoms. The van der Waals surface area contributed by atoms with Gasteiger partial charge in [0.05, 0.1) is 23.4 Å². The van der Waals surface area contributed by atoms with E-state index < -0.39 is 33.1 Å². The van der Waals surface area contributed by atoms with Crippen molar-refractivity contribution in [3.63, 3.8) is 0 Å². The number of benzene rings is 3. The van der Waals surface area contributed by atoms with Crippen LogP contribution in [-0.2, 0) is 24.1 Å². The summed E-state index contributed by atoms with van der Waals surface area (Å²) in [5.74, 6) is -0.237. The van der Waals surface area contributed by atoms with E-state index in [2.05, 4.69) is 15.3 Å². The molecule has 0 aromatic heterocycles. The number of carbonyl (C=O) groups excluding carboxylic acids is 1. The number of aliphatic imine (C=N–C) groups is 1. The number of aliphatic hydroxyl groups is 1. The molecule has 0 saturated carbocycles. The Bertz CT molecular complexity index is 1640. The van der Waals surface area contributed by atoms with Gasteiger partial charge in [-0.15, -0.1) is 0 Å². The second-order valence-corrected chi connectivity index (χ2v) is 13.1. The minimum atomic E-state index is -3.82. The van der Waals surface area contributed by atoms with Crippen LogP contribution >= 0.6 is 0 Å². The maximum Gasteiger partial charge on any atom is 0.252 e. The molecule has 0 fully saturated rings. The fraction of sp³-hybridized carbons (Fsp3) is 0.394. The average Bonchev–Trinajstić information content (AvgIpc) is 3.45. The van der Waals surface area contributed by atoms with E-state index in [4.69, 9.17) is 24.3 Å². The van der Waals surface area contributed by atoms with Gasteiger partial charge in [0, 0.05) is 54.3 Å². The molecule has 3 aromatic rings. The molecule has 12 nitrogen and oxygen atoms in total. The van der Waals surface area contributed by atoms with E-state index in [-0.39, 0.29) is 42.2 Å². The summed E-state index contributed by atoms with van der Waals surface area (Å²) in [4.78, 5) is 22.2. The molecule has 3 aromatic carbocycles. The highest BCUT2D eigenvalue weighted by molar-refractivity contribution is 7.91. The molecule has 1 heterocycles. The maximum atomic E-state index is 14.3.